The number of aromatic nitrogens is 2. The number of imidazole rings is 1. The molecule has 0 saturated heterocycles. The Kier molecular flexibility index (Phi) is 4.65. The molecule has 0 bridgehead atoms. The highest BCUT2D eigenvalue weighted by atomic mass is 19.1. The van der Waals surface area contributed by atoms with E-state index < -0.39 is 0 Å². The Labute approximate surface area is 159 Å². The Balaban J connectivity index is 1.62. The molecular weight excluding hydrogens is 339 g/mol. The van der Waals surface area contributed by atoms with Crippen molar-refractivity contribution in [3.63, 3.8) is 0 Å². The lowest BCUT2D eigenvalue weighted by molar-refractivity contribution is -0.689. The van der Waals surface area contributed by atoms with Crippen LogP contribution in [0.25, 0.3) is 11.3 Å². The van der Waals surface area contributed by atoms with E-state index in [1.165, 1.54) is 23.5 Å². The molecule has 0 fully saturated rings. The van der Waals surface area contributed by atoms with Gasteiger partial charge >= 0.3 is 0 Å². The molecule has 4 rings (SSSR count). The van der Waals surface area contributed by atoms with Gasteiger partial charge in [0.15, 0.2) is 12.2 Å². The maximum absolute atomic E-state index is 13.3. The van der Waals surface area contributed by atoms with Crippen LogP contribution in [0.2, 0.25) is 0 Å². The number of rotatable bonds is 5. The average molecular weight is 363 g/mol. The third kappa shape index (κ3) is 3.44. The molecule has 0 N–H and O–H groups in total. The van der Waals surface area contributed by atoms with Gasteiger partial charge in [-0.05, 0) is 42.2 Å². The highest BCUT2D eigenvalue weighted by Gasteiger charge is 2.29. The molecule has 0 unspecified atom stereocenters. The zero-order chi connectivity index (χ0) is 19.0. The van der Waals surface area contributed by atoms with E-state index >= 15 is 0 Å². The van der Waals surface area contributed by atoms with Crippen molar-refractivity contribution < 1.29 is 13.8 Å². The van der Waals surface area contributed by atoms with Crippen LogP contribution in [0.4, 0.5) is 4.39 Å². The summed E-state index contributed by atoms with van der Waals surface area (Å²) in [5.41, 5.74) is 4.01. The first-order chi connectivity index (χ1) is 13.0. The van der Waals surface area contributed by atoms with Gasteiger partial charge in [-0.3, -0.25) is 4.79 Å². The predicted octanol–water partition coefficient (Wildman–Crippen LogP) is 4.53. The van der Waals surface area contributed by atoms with Crippen LogP contribution in [-0.4, -0.2) is 10.4 Å². The molecule has 27 heavy (non-hydrogen) atoms. The van der Waals surface area contributed by atoms with Crippen LogP contribution in [0.15, 0.2) is 54.7 Å². The summed E-state index contributed by atoms with van der Waals surface area (Å²) in [4.78, 5) is 12.8. The smallest absolute Gasteiger partial charge is 0.257 e. The summed E-state index contributed by atoms with van der Waals surface area (Å²) >= 11 is 0. The van der Waals surface area contributed by atoms with Crippen LogP contribution < -0.4 is 4.57 Å². The van der Waals surface area contributed by atoms with Gasteiger partial charge in [0.1, 0.15) is 12.0 Å². The fourth-order valence-electron chi connectivity index (χ4n) is 3.80. The summed E-state index contributed by atoms with van der Waals surface area (Å²) in [6.07, 6.45) is 4.06. The van der Waals surface area contributed by atoms with Gasteiger partial charge in [-0.15, -0.1) is 0 Å². The van der Waals surface area contributed by atoms with Crippen LogP contribution in [0.1, 0.15) is 47.9 Å². The molecule has 3 aromatic rings. The van der Waals surface area contributed by atoms with E-state index in [2.05, 4.69) is 23.0 Å². The summed E-state index contributed by atoms with van der Waals surface area (Å²) in [6, 6.07) is 14.5. The van der Waals surface area contributed by atoms with Crippen LogP contribution in [0.3, 0.4) is 0 Å². The second-order valence-electron chi connectivity index (χ2n) is 7.52. The average Bonchev–Trinajstić information content (AvgIpc) is 3.26. The number of benzene rings is 2. The van der Waals surface area contributed by atoms with Gasteiger partial charge in [0, 0.05) is 11.1 Å². The lowest BCUT2D eigenvalue weighted by Gasteiger charge is -2.06. The molecule has 0 radical (unpaired) electrons. The van der Waals surface area contributed by atoms with E-state index in [0.717, 1.165) is 36.2 Å². The normalized spacial score (nSPS) is 13.2. The van der Waals surface area contributed by atoms with Gasteiger partial charge in [0.05, 0.1) is 13.0 Å². The largest absolute Gasteiger partial charge is 0.290 e. The van der Waals surface area contributed by atoms with Gasteiger partial charge < -0.3 is 0 Å². The molecule has 0 amide bonds. The van der Waals surface area contributed by atoms with Crippen molar-refractivity contribution >= 4 is 5.78 Å². The highest BCUT2D eigenvalue weighted by Crippen LogP contribution is 2.25. The molecule has 4 heteroatoms. The molecule has 138 valence electrons. The van der Waals surface area contributed by atoms with Crippen molar-refractivity contribution in [3.8, 4) is 11.3 Å². The Bertz CT molecular complexity index is 969. The minimum absolute atomic E-state index is 0.112. The Morgan fingerprint density at radius 2 is 1.81 bits per heavy atom. The number of Topliss-reactive ketones (excluding diaryl/α,β-unsaturated/α-hetero) is 1. The third-order valence-corrected chi connectivity index (χ3v) is 5.35. The Morgan fingerprint density at radius 1 is 1.11 bits per heavy atom. The summed E-state index contributed by atoms with van der Waals surface area (Å²) in [5, 5.41) is 0. The van der Waals surface area contributed by atoms with E-state index in [9.17, 15) is 9.18 Å². The van der Waals surface area contributed by atoms with Gasteiger partial charge in [0.2, 0.25) is 5.78 Å². The fourth-order valence-corrected chi connectivity index (χ4v) is 3.80. The number of hydrogen-bond donors (Lipinski definition) is 0. The van der Waals surface area contributed by atoms with E-state index in [0.29, 0.717) is 12.5 Å². The topological polar surface area (TPSA) is 25.9 Å². The van der Waals surface area contributed by atoms with Crippen LogP contribution in [-0.2, 0) is 19.5 Å². The van der Waals surface area contributed by atoms with Crippen LogP contribution in [0.5, 0.6) is 0 Å². The second kappa shape index (κ2) is 7.10. The lowest BCUT2D eigenvalue weighted by Crippen LogP contribution is -2.40. The van der Waals surface area contributed by atoms with E-state index in [-0.39, 0.29) is 11.6 Å². The molecule has 0 spiro atoms. The maximum Gasteiger partial charge on any atom is 0.257 e. The van der Waals surface area contributed by atoms with E-state index in [4.69, 9.17) is 0 Å². The third-order valence-electron chi connectivity index (χ3n) is 5.35. The second-order valence-corrected chi connectivity index (χ2v) is 7.52. The zero-order valence-corrected chi connectivity index (χ0v) is 15.8. The Morgan fingerprint density at radius 3 is 2.48 bits per heavy atom. The van der Waals surface area contributed by atoms with E-state index in [1.807, 2.05) is 30.5 Å². The first-order valence-electron chi connectivity index (χ1n) is 9.54. The predicted molar refractivity (Wildman–Crippen MR) is 103 cm³/mol. The number of halogens is 1. The zero-order valence-electron chi connectivity index (χ0n) is 15.8. The molecule has 3 nitrogen and oxygen atoms in total. The molecule has 0 aliphatic carbocycles. The molecular formula is C23H24FN2O+. The van der Waals surface area contributed by atoms with Crippen molar-refractivity contribution in [2.45, 2.75) is 45.7 Å². The van der Waals surface area contributed by atoms with Crippen molar-refractivity contribution in [3.05, 3.63) is 77.5 Å². The maximum atomic E-state index is 13.3. The number of carbonyl (C=O) groups is 1. The minimum Gasteiger partial charge on any atom is -0.290 e. The number of hydrogen-bond acceptors (Lipinski definition) is 1. The van der Waals surface area contributed by atoms with Gasteiger partial charge in [-0.1, -0.05) is 38.1 Å². The lowest BCUT2D eigenvalue weighted by atomic mass is 10.0. The van der Waals surface area contributed by atoms with Gasteiger partial charge in [0.25, 0.3) is 5.82 Å². The van der Waals surface area contributed by atoms with Crippen molar-refractivity contribution in [1.29, 1.82) is 0 Å². The molecule has 1 aliphatic heterocycles. The summed E-state index contributed by atoms with van der Waals surface area (Å²) < 4.78 is 17.6. The van der Waals surface area contributed by atoms with Crippen LogP contribution >= 0.6 is 0 Å². The van der Waals surface area contributed by atoms with Crippen molar-refractivity contribution in [2.75, 3.05) is 0 Å². The number of nitrogens with zero attached hydrogens (tertiary/aromatic N) is 2. The molecule has 0 saturated carbocycles. The SMILES string of the molecule is CC(C)c1ccc(C(=O)C[n+]2cc(-c3ccc(F)cc3)n3c2CCC3)cc1. The molecule has 2 heterocycles. The van der Waals surface area contributed by atoms with Gasteiger partial charge in [-0.2, -0.15) is 0 Å². The first kappa shape index (κ1) is 17.7. The molecule has 0 atom stereocenters. The summed E-state index contributed by atoms with van der Waals surface area (Å²) in [5.74, 6) is 1.50. The number of fused-ring (bicyclic) bond motifs is 1. The monoisotopic (exact) mass is 363 g/mol. The van der Waals surface area contributed by atoms with E-state index in [1.54, 1.807) is 12.1 Å². The molecule has 2 aromatic carbocycles. The number of ketones is 1. The highest BCUT2D eigenvalue weighted by molar-refractivity contribution is 5.95. The quantitative estimate of drug-likeness (QED) is 0.483. The van der Waals surface area contributed by atoms with Crippen molar-refractivity contribution in [2.24, 2.45) is 0 Å². The number of carbonyl (C=O) groups excluding carboxylic acids is 1. The molecule has 1 aliphatic rings. The summed E-state index contributed by atoms with van der Waals surface area (Å²) in [7, 11) is 0. The minimum atomic E-state index is -0.236. The van der Waals surface area contributed by atoms with Gasteiger partial charge in [-0.25, -0.2) is 13.5 Å². The van der Waals surface area contributed by atoms with Crippen LogP contribution in [0, 0.1) is 5.82 Å². The first-order valence-corrected chi connectivity index (χ1v) is 9.54. The van der Waals surface area contributed by atoms with Crippen molar-refractivity contribution in [1.82, 2.24) is 4.57 Å². The Hall–Kier alpha value is -2.75. The molecule has 1 aromatic heterocycles. The fraction of sp³-hybridized carbons (Fsp3) is 0.304. The standard InChI is InChI=1S/C23H24FN2O/c1-16(2)17-5-7-19(8-6-17)22(27)15-25-14-21(26-13-3-4-23(25)26)18-9-11-20(24)12-10-18/h5-12,14,16H,3-4,13,15H2,1-2H3/q+1. The summed E-state index contributed by atoms with van der Waals surface area (Å²) in [6.45, 7) is 5.56.